The fourth-order valence-corrected chi connectivity index (χ4v) is 3.21. The minimum atomic E-state index is 0.160. The van der Waals surface area contributed by atoms with Gasteiger partial charge in [-0.15, -0.1) is 11.3 Å². The smallest absolute Gasteiger partial charge is 0.122 e. The van der Waals surface area contributed by atoms with E-state index in [1.54, 1.807) is 18.4 Å². The predicted octanol–water partition coefficient (Wildman–Crippen LogP) is 3.47. The molecule has 98 valence electrons. The maximum absolute atomic E-state index is 5.53. The summed E-state index contributed by atoms with van der Waals surface area (Å²) < 4.78 is 5.53. The highest BCUT2D eigenvalue weighted by Crippen LogP contribution is 2.31. The number of aromatic nitrogens is 1. The topological polar surface area (TPSA) is 34.1 Å². The molecule has 0 aliphatic heterocycles. The van der Waals surface area contributed by atoms with Gasteiger partial charge >= 0.3 is 0 Å². The van der Waals surface area contributed by atoms with Crippen molar-refractivity contribution in [2.45, 2.75) is 52.2 Å². The molecule has 1 heterocycles. The average molecular weight is 256 g/mol. The van der Waals surface area contributed by atoms with Gasteiger partial charge in [-0.05, 0) is 19.4 Å². The summed E-state index contributed by atoms with van der Waals surface area (Å²) in [5.41, 5.74) is 1.22. The molecule has 1 aromatic heterocycles. The zero-order valence-electron chi connectivity index (χ0n) is 11.5. The Balaban J connectivity index is 2.96. The summed E-state index contributed by atoms with van der Waals surface area (Å²) in [7, 11) is 3.75. The third-order valence-corrected chi connectivity index (χ3v) is 3.90. The van der Waals surface area contributed by atoms with Gasteiger partial charge in [-0.3, -0.25) is 0 Å². The Morgan fingerprint density at radius 1 is 1.41 bits per heavy atom. The highest BCUT2D eigenvalue weighted by atomic mass is 32.1. The lowest BCUT2D eigenvalue weighted by atomic mass is 10.1. The summed E-state index contributed by atoms with van der Waals surface area (Å²) in [6.07, 6.45) is 2.32. The van der Waals surface area contributed by atoms with Crippen molar-refractivity contribution in [2.75, 3.05) is 14.2 Å². The van der Waals surface area contributed by atoms with Crippen LogP contribution in [0.5, 0.6) is 0 Å². The Morgan fingerprint density at radius 3 is 2.59 bits per heavy atom. The van der Waals surface area contributed by atoms with Gasteiger partial charge in [-0.1, -0.05) is 27.2 Å². The average Bonchev–Trinajstić information content (AvgIpc) is 2.70. The van der Waals surface area contributed by atoms with Crippen LogP contribution in [0.3, 0.4) is 0 Å². The summed E-state index contributed by atoms with van der Waals surface area (Å²) in [5, 5.41) is 4.34. The molecule has 0 saturated carbocycles. The van der Waals surface area contributed by atoms with Crippen LogP contribution >= 0.6 is 11.3 Å². The van der Waals surface area contributed by atoms with Crippen LogP contribution < -0.4 is 5.32 Å². The van der Waals surface area contributed by atoms with E-state index in [1.165, 1.54) is 10.6 Å². The van der Waals surface area contributed by atoms with Crippen molar-refractivity contribution < 1.29 is 4.74 Å². The third-order valence-electron chi connectivity index (χ3n) is 2.74. The van der Waals surface area contributed by atoms with E-state index in [2.05, 4.69) is 26.1 Å². The van der Waals surface area contributed by atoms with Crippen LogP contribution in [0.1, 0.15) is 61.2 Å². The van der Waals surface area contributed by atoms with Gasteiger partial charge in [0.25, 0.3) is 0 Å². The SMILES string of the molecule is CCCC(OC)c1nc(C(C)C)c(CNC)s1. The molecular formula is C13H24N2OS. The first kappa shape index (κ1) is 14.6. The van der Waals surface area contributed by atoms with E-state index in [9.17, 15) is 0 Å². The lowest BCUT2D eigenvalue weighted by Gasteiger charge is -2.10. The van der Waals surface area contributed by atoms with Gasteiger partial charge in [0.05, 0.1) is 5.69 Å². The van der Waals surface area contributed by atoms with Gasteiger partial charge in [0.1, 0.15) is 11.1 Å². The number of nitrogens with zero attached hydrogens (tertiary/aromatic N) is 1. The molecule has 1 rings (SSSR count). The largest absolute Gasteiger partial charge is 0.374 e. The molecule has 0 saturated heterocycles. The van der Waals surface area contributed by atoms with E-state index >= 15 is 0 Å². The Hall–Kier alpha value is -0.450. The van der Waals surface area contributed by atoms with E-state index < -0.39 is 0 Å². The summed E-state index contributed by atoms with van der Waals surface area (Å²) in [6.45, 7) is 7.46. The normalized spacial score (nSPS) is 13.3. The number of hydrogen-bond donors (Lipinski definition) is 1. The Kier molecular flexibility index (Phi) is 6.09. The molecule has 4 heteroatoms. The molecule has 0 amide bonds. The third kappa shape index (κ3) is 3.76. The van der Waals surface area contributed by atoms with E-state index in [4.69, 9.17) is 9.72 Å². The number of nitrogens with one attached hydrogen (secondary N) is 1. The van der Waals surface area contributed by atoms with Crippen LogP contribution in [0, 0.1) is 0 Å². The molecule has 1 atom stereocenters. The first-order valence-electron chi connectivity index (χ1n) is 6.30. The molecule has 0 aromatic carbocycles. The van der Waals surface area contributed by atoms with Crippen molar-refractivity contribution in [1.29, 1.82) is 0 Å². The molecule has 0 spiro atoms. The second kappa shape index (κ2) is 7.09. The molecule has 1 unspecified atom stereocenters. The first-order valence-corrected chi connectivity index (χ1v) is 7.12. The van der Waals surface area contributed by atoms with Crippen molar-refractivity contribution >= 4 is 11.3 Å². The van der Waals surface area contributed by atoms with Gasteiger partial charge in [0.2, 0.25) is 0 Å². The van der Waals surface area contributed by atoms with Crippen LogP contribution in [-0.4, -0.2) is 19.1 Å². The summed E-state index contributed by atoms with van der Waals surface area (Å²) >= 11 is 1.79. The van der Waals surface area contributed by atoms with Crippen LogP contribution in [0.4, 0.5) is 0 Å². The lowest BCUT2D eigenvalue weighted by molar-refractivity contribution is 0.0946. The Labute approximate surface area is 109 Å². The molecule has 17 heavy (non-hydrogen) atoms. The van der Waals surface area contributed by atoms with Crippen LogP contribution in [0.15, 0.2) is 0 Å². The molecule has 1 aromatic rings. The quantitative estimate of drug-likeness (QED) is 0.811. The van der Waals surface area contributed by atoms with Gasteiger partial charge in [-0.25, -0.2) is 4.98 Å². The van der Waals surface area contributed by atoms with E-state index in [-0.39, 0.29) is 6.10 Å². The molecule has 0 bridgehead atoms. The monoisotopic (exact) mass is 256 g/mol. The van der Waals surface area contributed by atoms with Crippen molar-refractivity contribution in [2.24, 2.45) is 0 Å². The van der Waals surface area contributed by atoms with Gasteiger partial charge in [0.15, 0.2) is 0 Å². The molecule has 1 N–H and O–H groups in total. The fourth-order valence-electron chi connectivity index (χ4n) is 1.86. The standard InChI is InChI=1S/C13H24N2OS/c1-6-7-10(16-5)13-15-12(9(2)3)11(17-13)8-14-4/h9-10,14H,6-8H2,1-5H3. The van der Waals surface area contributed by atoms with Crippen LogP contribution in [0.2, 0.25) is 0 Å². The van der Waals surface area contributed by atoms with E-state index in [1.807, 2.05) is 7.05 Å². The molecule has 0 radical (unpaired) electrons. The molecule has 0 fully saturated rings. The number of thiazole rings is 1. The van der Waals surface area contributed by atoms with Gasteiger partial charge < -0.3 is 10.1 Å². The van der Waals surface area contributed by atoms with Gasteiger partial charge in [0, 0.05) is 18.5 Å². The van der Waals surface area contributed by atoms with Crippen molar-refractivity contribution in [1.82, 2.24) is 10.3 Å². The Morgan fingerprint density at radius 2 is 2.12 bits per heavy atom. The molecular weight excluding hydrogens is 232 g/mol. The molecule has 3 nitrogen and oxygen atoms in total. The van der Waals surface area contributed by atoms with Crippen molar-refractivity contribution in [3.05, 3.63) is 15.6 Å². The number of rotatable bonds is 7. The molecule has 0 aliphatic carbocycles. The zero-order chi connectivity index (χ0) is 12.8. The number of methoxy groups -OCH3 is 1. The van der Waals surface area contributed by atoms with E-state index in [0.717, 1.165) is 24.4 Å². The summed E-state index contributed by atoms with van der Waals surface area (Å²) in [5.74, 6) is 0.475. The Bertz CT molecular complexity index is 336. The second-order valence-electron chi connectivity index (χ2n) is 4.56. The second-order valence-corrected chi connectivity index (χ2v) is 5.67. The summed E-state index contributed by atoms with van der Waals surface area (Å²) in [4.78, 5) is 6.11. The first-order chi connectivity index (χ1) is 8.13. The maximum Gasteiger partial charge on any atom is 0.122 e. The van der Waals surface area contributed by atoms with E-state index in [0.29, 0.717) is 5.92 Å². The molecule has 0 aliphatic rings. The lowest BCUT2D eigenvalue weighted by Crippen LogP contribution is -2.06. The highest BCUT2D eigenvalue weighted by Gasteiger charge is 2.19. The minimum absolute atomic E-state index is 0.160. The number of ether oxygens (including phenoxy) is 1. The minimum Gasteiger partial charge on any atom is -0.374 e. The maximum atomic E-state index is 5.53. The van der Waals surface area contributed by atoms with Crippen molar-refractivity contribution in [3.63, 3.8) is 0 Å². The van der Waals surface area contributed by atoms with Crippen molar-refractivity contribution in [3.8, 4) is 0 Å². The van der Waals surface area contributed by atoms with Gasteiger partial charge in [-0.2, -0.15) is 0 Å². The zero-order valence-corrected chi connectivity index (χ0v) is 12.4. The fraction of sp³-hybridized carbons (Fsp3) is 0.769. The highest BCUT2D eigenvalue weighted by molar-refractivity contribution is 7.11. The number of hydrogen-bond acceptors (Lipinski definition) is 4. The summed E-state index contributed by atoms with van der Waals surface area (Å²) in [6, 6.07) is 0. The predicted molar refractivity (Wildman–Crippen MR) is 73.6 cm³/mol. The van der Waals surface area contributed by atoms with Crippen LogP contribution in [0.25, 0.3) is 0 Å². The van der Waals surface area contributed by atoms with Crippen LogP contribution in [-0.2, 0) is 11.3 Å².